The van der Waals surface area contributed by atoms with Gasteiger partial charge in [-0.3, -0.25) is 0 Å². The third-order valence-corrected chi connectivity index (χ3v) is 4.02. The van der Waals surface area contributed by atoms with Gasteiger partial charge in [0.15, 0.2) is 0 Å². The Balaban J connectivity index is 3.30. The van der Waals surface area contributed by atoms with E-state index in [2.05, 4.69) is 4.36 Å². The SMILES string of the molecule is N#CN=S(=O)(CCl)c1ccccc1. The second-order valence-electron chi connectivity index (χ2n) is 2.25. The van der Waals surface area contributed by atoms with Gasteiger partial charge in [-0.25, -0.2) is 4.21 Å². The van der Waals surface area contributed by atoms with E-state index >= 15 is 0 Å². The summed E-state index contributed by atoms with van der Waals surface area (Å²) in [5, 5.41) is 8.18. The minimum Gasteiger partial charge on any atom is -0.242 e. The molecule has 68 valence electrons. The predicted molar refractivity (Wildman–Crippen MR) is 51.6 cm³/mol. The highest BCUT2D eigenvalue weighted by atomic mass is 35.5. The fraction of sp³-hybridized carbons (Fsp3) is 0.125. The first-order valence-electron chi connectivity index (χ1n) is 3.47. The van der Waals surface area contributed by atoms with E-state index in [1.54, 1.807) is 30.3 Å². The van der Waals surface area contributed by atoms with Crippen molar-refractivity contribution in [1.29, 1.82) is 5.26 Å². The van der Waals surface area contributed by atoms with Gasteiger partial charge >= 0.3 is 0 Å². The average Bonchev–Trinajstić information content (AvgIpc) is 2.19. The summed E-state index contributed by atoms with van der Waals surface area (Å²) >= 11 is 5.50. The number of hydrogen-bond acceptors (Lipinski definition) is 3. The first kappa shape index (κ1) is 10.0. The van der Waals surface area contributed by atoms with E-state index in [1.807, 2.05) is 0 Å². The molecule has 1 rings (SSSR count). The topological polar surface area (TPSA) is 53.2 Å². The highest BCUT2D eigenvalue weighted by molar-refractivity contribution is 7.94. The smallest absolute Gasteiger partial charge is 0.215 e. The number of hydrogen-bond donors (Lipinski definition) is 0. The summed E-state index contributed by atoms with van der Waals surface area (Å²) in [7, 11) is -2.73. The van der Waals surface area contributed by atoms with E-state index < -0.39 is 9.73 Å². The molecule has 0 aliphatic rings. The molecule has 1 unspecified atom stereocenters. The van der Waals surface area contributed by atoms with E-state index in [1.165, 1.54) is 6.19 Å². The van der Waals surface area contributed by atoms with E-state index in [-0.39, 0.29) is 5.21 Å². The second-order valence-corrected chi connectivity index (χ2v) is 5.06. The summed E-state index contributed by atoms with van der Waals surface area (Å²) in [6.45, 7) is 0. The molecule has 0 saturated carbocycles. The standard InChI is InChI=1S/C8H7ClN2OS/c9-6-13(12,11-7-10)8-4-2-1-3-5-8/h1-5H,6H2. The molecule has 1 aromatic rings. The third-order valence-electron chi connectivity index (χ3n) is 1.45. The van der Waals surface area contributed by atoms with Crippen molar-refractivity contribution in [2.45, 2.75) is 4.90 Å². The minimum absolute atomic E-state index is 0.162. The van der Waals surface area contributed by atoms with Crippen LogP contribution in [0.3, 0.4) is 0 Å². The molecule has 1 aromatic carbocycles. The Morgan fingerprint density at radius 1 is 1.46 bits per heavy atom. The normalized spacial score (nSPS) is 14.2. The molecule has 0 heterocycles. The van der Waals surface area contributed by atoms with Crippen molar-refractivity contribution in [1.82, 2.24) is 0 Å². The zero-order valence-corrected chi connectivity index (χ0v) is 8.26. The molecule has 0 aromatic heterocycles. The molecule has 0 saturated heterocycles. The van der Waals surface area contributed by atoms with Crippen LogP contribution in [-0.2, 0) is 9.73 Å². The van der Waals surface area contributed by atoms with Crippen LogP contribution in [0, 0.1) is 11.5 Å². The summed E-state index contributed by atoms with van der Waals surface area (Å²) in [4.78, 5) is 0.492. The van der Waals surface area contributed by atoms with Crippen molar-refractivity contribution >= 4 is 21.3 Å². The van der Waals surface area contributed by atoms with E-state index in [9.17, 15) is 4.21 Å². The predicted octanol–water partition coefficient (Wildman–Crippen LogP) is 2.19. The van der Waals surface area contributed by atoms with Crippen LogP contribution >= 0.6 is 11.6 Å². The Morgan fingerprint density at radius 2 is 2.08 bits per heavy atom. The van der Waals surface area contributed by atoms with E-state index in [0.717, 1.165) is 0 Å². The lowest BCUT2D eigenvalue weighted by atomic mass is 10.4. The fourth-order valence-corrected chi connectivity index (χ4v) is 2.36. The molecule has 0 amide bonds. The first-order valence-corrected chi connectivity index (χ1v) is 5.69. The Kier molecular flexibility index (Phi) is 3.29. The lowest BCUT2D eigenvalue weighted by molar-refractivity contribution is 0.680. The van der Waals surface area contributed by atoms with Crippen LogP contribution < -0.4 is 0 Å². The van der Waals surface area contributed by atoms with Gasteiger partial charge in [0, 0.05) is 4.90 Å². The molecule has 5 heteroatoms. The van der Waals surface area contributed by atoms with Crippen LogP contribution in [0.1, 0.15) is 0 Å². The van der Waals surface area contributed by atoms with Crippen LogP contribution in [0.2, 0.25) is 0 Å². The van der Waals surface area contributed by atoms with Crippen molar-refractivity contribution in [3.8, 4) is 6.19 Å². The molecule has 0 fully saturated rings. The Labute approximate surface area is 82.1 Å². The summed E-state index contributed by atoms with van der Waals surface area (Å²) in [6.07, 6.45) is 1.52. The zero-order valence-electron chi connectivity index (χ0n) is 6.68. The number of nitriles is 1. The molecule has 0 radical (unpaired) electrons. The highest BCUT2D eigenvalue weighted by Crippen LogP contribution is 2.14. The Morgan fingerprint density at radius 3 is 2.54 bits per heavy atom. The minimum atomic E-state index is -2.73. The first-order chi connectivity index (χ1) is 6.23. The lowest BCUT2D eigenvalue weighted by Gasteiger charge is -2.02. The summed E-state index contributed by atoms with van der Waals surface area (Å²) in [6, 6.07) is 8.55. The van der Waals surface area contributed by atoms with Crippen LogP contribution in [-0.4, -0.2) is 9.42 Å². The summed E-state index contributed by atoms with van der Waals surface area (Å²) in [5.74, 6) is 0. The van der Waals surface area contributed by atoms with Gasteiger partial charge in [-0.1, -0.05) is 18.2 Å². The summed E-state index contributed by atoms with van der Waals surface area (Å²) < 4.78 is 15.2. The number of rotatable bonds is 2. The number of halogens is 1. The maximum Gasteiger partial charge on any atom is 0.215 e. The van der Waals surface area contributed by atoms with Gasteiger partial charge < -0.3 is 0 Å². The largest absolute Gasteiger partial charge is 0.242 e. The summed E-state index contributed by atoms with van der Waals surface area (Å²) in [5.41, 5.74) is 0. The van der Waals surface area contributed by atoms with Crippen molar-refractivity contribution < 1.29 is 4.21 Å². The monoisotopic (exact) mass is 214 g/mol. The maximum atomic E-state index is 11.8. The van der Waals surface area contributed by atoms with E-state index in [4.69, 9.17) is 16.9 Å². The van der Waals surface area contributed by atoms with Gasteiger partial charge in [0.05, 0.1) is 0 Å². The average molecular weight is 215 g/mol. The molecular formula is C8H7ClN2OS. The highest BCUT2D eigenvalue weighted by Gasteiger charge is 2.09. The molecule has 0 N–H and O–H groups in total. The van der Waals surface area contributed by atoms with E-state index in [0.29, 0.717) is 4.90 Å². The molecule has 0 spiro atoms. The number of alkyl halides is 1. The third kappa shape index (κ3) is 2.20. The molecular weight excluding hydrogens is 208 g/mol. The quantitative estimate of drug-likeness (QED) is 0.560. The van der Waals surface area contributed by atoms with Gasteiger partial charge in [0.1, 0.15) is 14.9 Å². The molecule has 0 aliphatic carbocycles. The second kappa shape index (κ2) is 4.26. The van der Waals surface area contributed by atoms with Crippen molar-refractivity contribution in [3.05, 3.63) is 30.3 Å². The number of benzene rings is 1. The molecule has 1 atom stereocenters. The Bertz CT molecular complexity index is 429. The molecule has 0 bridgehead atoms. The van der Waals surface area contributed by atoms with Gasteiger partial charge in [-0.15, -0.1) is 16.0 Å². The molecule has 0 aliphatic heterocycles. The fourth-order valence-electron chi connectivity index (χ4n) is 0.839. The van der Waals surface area contributed by atoms with Crippen molar-refractivity contribution in [3.63, 3.8) is 0 Å². The van der Waals surface area contributed by atoms with Crippen LogP contribution in [0.25, 0.3) is 0 Å². The van der Waals surface area contributed by atoms with Crippen molar-refractivity contribution in [2.24, 2.45) is 4.36 Å². The maximum absolute atomic E-state index is 11.8. The van der Waals surface area contributed by atoms with Gasteiger partial charge in [-0.05, 0) is 12.1 Å². The van der Waals surface area contributed by atoms with Crippen molar-refractivity contribution in [2.75, 3.05) is 5.21 Å². The number of nitrogens with zero attached hydrogens (tertiary/aromatic N) is 2. The zero-order chi connectivity index (χ0) is 9.73. The lowest BCUT2D eigenvalue weighted by Crippen LogP contribution is -2.00. The Hall–Kier alpha value is -1.05. The van der Waals surface area contributed by atoms with Crippen LogP contribution in [0.4, 0.5) is 0 Å². The molecule has 13 heavy (non-hydrogen) atoms. The van der Waals surface area contributed by atoms with Crippen LogP contribution in [0.15, 0.2) is 39.6 Å². The van der Waals surface area contributed by atoms with Crippen LogP contribution in [0.5, 0.6) is 0 Å². The van der Waals surface area contributed by atoms with Gasteiger partial charge in [0.25, 0.3) is 0 Å². The molecule has 3 nitrogen and oxygen atoms in total. The van der Waals surface area contributed by atoms with Gasteiger partial charge in [-0.2, -0.15) is 5.26 Å². The van der Waals surface area contributed by atoms with Gasteiger partial charge in [0.2, 0.25) is 6.19 Å².